The van der Waals surface area contributed by atoms with Crippen LogP contribution in [0.5, 0.6) is 5.75 Å². The molecular formula is C62H88BFN7O13. The lowest BCUT2D eigenvalue weighted by Crippen LogP contribution is -2.56. The number of carboxylic acids is 1. The van der Waals surface area contributed by atoms with E-state index in [2.05, 4.69) is 9.94 Å². The molecule has 4 fully saturated rings. The number of hydrogen-bond donors (Lipinski definition) is 3. The van der Waals surface area contributed by atoms with Crippen LogP contribution >= 0.6 is 0 Å². The molecule has 20 nitrogen and oxygen atoms in total. The Bertz CT molecular complexity index is 2970. The number of rotatable bonds is 6. The summed E-state index contributed by atoms with van der Waals surface area (Å²) in [5, 5.41) is 33.3. The summed E-state index contributed by atoms with van der Waals surface area (Å²) >= 11 is 0. The minimum absolute atomic E-state index is 0. The van der Waals surface area contributed by atoms with Crippen LogP contribution < -0.4 is 5.43 Å². The summed E-state index contributed by atoms with van der Waals surface area (Å²) in [7, 11) is 0. The van der Waals surface area contributed by atoms with E-state index >= 15 is 0 Å². The highest BCUT2D eigenvalue weighted by molar-refractivity contribution is 5.97. The number of aliphatic hydroxyl groups excluding tert-OH is 1. The standard InChI is InChI=1S/C26H23FN4O3.C12H21NO4.C12H23NO3.C12H21NO3.B/c1-26(2)12-11-19-22(31-23(25(34)30(19)26)24(33)20(32)14-29-31)21(16-5-4-6-17(27)13-16)15-7-9-18(28-3)10-8-15;1-11(2,3)17-10(16)13-8(9(14)15)6-7-12(13,4)5;2*1-11(2,3)16-10(15)13-9(8-14)6-7-12(13,4)5;/h4-10,13-14,19,21-22,33H,11-12H2,1-2H3;8H,6-7H2,1-5H3,(H,14,15);9,14H,6-8H2,1-5H3;8-9H,6-7H2,1-5H3;/t19-,21-,22-;8-;2*9-;/m1111./s1. The number of carboxylic acid groups (broad SMARTS) is 1. The van der Waals surface area contributed by atoms with Crippen LogP contribution in [0.15, 0.2) is 59.5 Å². The fourth-order valence-corrected chi connectivity index (χ4v) is 11.8. The number of ether oxygens (including phenoxy) is 3. The first kappa shape index (κ1) is 69.5. The zero-order valence-corrected chi connectivity index (χ0v) is 52.1. The molecule has 5 aliphatic heterocycles. The second-order valence-corrected chi connectivity index (χ2v) is 27.5. The van der Waals surface area contributed by atoms with Gasteiger partial charge in [0.25, 0.3) is 5.91 Å². The van der Waals surface area contributed by atoms with Crippen molar-refractivity contribution >= 4 is 50.5 Å². The normalized spacial score (nSPS) is 22.8. The van der Waals surface area contributed by atoms with Gasteiger partial charge in [-0.05, 0) is 192 Å². The number of aliphatic carboxylic acids is 1. The van der Waals surface area contributed by atoms with E-state index in [4.69, 9.17) is 25.9 Å². The third kappa shape index (κ3) is 16.2. The van der Waals surface area contributed by atoms with Gasteiger partial charge < -0.3 is 39.2 Å². The highest BCUT2D eigenvalue weighted by Gasteiger charge is 2.55. The Kier molecular flexibility index (Phi) is 21.6. The van der Waals surface area contributed by atoms with E-state index in [1.54, 1.807) is 53.7 Å². The number of likely N-dealkylation sites (tertiary alicyclic amines) is 3. The van der Waals surface area contributed by atoms with Crippen LogP contribution in [0.25, 0.3) is 4.85 Å². The lowest BCUT2D eigenvalue weighted by atomic mass is 9.80. The third-order valence-corrected chi connectivity index (χ3v) is 15.6. The molecule has 0 unspecified atom stereocenters. The van der Waals surface area contributed by atoms with E-state index in [1.807, 2.05) is 115 Å². The Morgan fingerprint density at radius 2 is 1.21 bits per heavy atom. The second kappa shape index (κ2) is 26.1. The summed E-state index contributed by atoms with van der Waals surface area (Å²) in [4.78, 5) is 93.7. The maximum atomic E-state index is 14.4. The number of benzene rings is 2. The van der Waals surface area contributed by atoms with Crippen LogP contribution in [-0.2, 0) is 23.8 Å². The zero-order valence-electron chi connectivity index (χ0n) is 52.1. The molecule has 84 heavy (non-hydrogen) atoms. The molecule has 8 rings (SSSR count). The van der Waals surface area contributed by atoms with E-state index < -0.39 is 86.9 Å². The predicted molar refractivity (Wildman–Crippen MR) is 315 cm³/mol. The molecular weight excluding hydrogens is 1080 g/mol. The molecule has 0 saturated carbocycles. The van der Waals surface area contributed by atoms with Gasteiger partial charge in [-0.25, -0.2) is 28.4 Å². The van der Waals surface area contributed by atoms with E-state index in [0.29, 0.717) is 30.5 Å². The van der Waals surface area contributed by atoms with Crippen molar-refractivity contribution in [2.45, 2.75) is 244 Å². The fourth-order valence-electron chi connectivity index (χ4n) is 11.8. The van der Waals surface area contributed by atoms with Crippen LogP contribution in [0, 0.1) is 12.4 Å². The molecule has 6 heterocycles. The van der Waals surface area contributed by atoms with E-state index in [9.17, 15) is 48.2 Å². The second-order valence-electron chi connectivity index (χ2n) is 27.5. The predicted octanol–water partition coefficient (Wildman–Crippen LogP) is 10.8. The van der Waals surface area contributed by atoms with Crippen LogP contribution in [0.3, 0.4) is 0 Å². The first-order valence-electron chi connectivity index (χ1n) is 28.3. The summed E-state index contributed by atoms with van der Waals surface area (Å²) in [5.74, 6) is -2.90. The lowest BCUT2D eigenvalue weighted by Gasteiger charge is -2.46. The number of aromatic hydroxyl groups is 1. The van der Waals surface area contributed by atoms with Gasteiger partial charge in [-0.1, -0.05) is 36.4 Å². The lowest BCUT2D eigenvalue weighted by molar-refractivity contribution is -0.143. The van der Waals surface area contributed by atoms with Gasteiger partial charge in [0.05, 0.1) is 43.5 Å². The summed E-state index contributed by atoms with van der Waals surface area (Å²) in [6, 6.07) is 11.3. The number of halogens is 1. The van der Waals surface area contributed by atoms with Crippen molar-refractivity contribution in [1.29, 1.82) is 0 Å². The van der Waals surface area contributed by atoms with Crippen molar-refractivity contribution in [2.75, 3.05) is 6.61 Å². The number of carbonyl (C=O) groups is 6. The summed E-state index contributed by atoms with van der Waals surface area (Å²) < 4.78 is 31.8. The first-order chi connectivity index (χ1) is 38.1. The fraction of sp³-hybridized carbons (Fsp3) is 0.629. The van der Waals surface area contributed by atoms with Gasteiger partial charge >= 0.3 is 24.2 Å². The summed E-state index contributed by atoms with van der Waals surface area (Å²) in [6.45, 7) is 39.2. The number of aldehydes is 1. The van der Waals surface area contributed by atoms with Gasteiger partial charge in [-0.3, -0.25) is 29.0 Å². The molecule has 1 aromatic heterocycles. The average molecular weight is 1170 g/mol. The van der Waals surface area contributed by atoms with Gasteiger partial charge in [0.2, 0.25) is 5.43 Å². The van der Waals surface area contributed by atoms with Crippen molar-refractivity contribution in [3.05, 3.63) is 99.0 Å². The topological polar surface area (TPSA) is 243 Å². The van der Waals surface area contributed by atoms with Crippen molar-refractivity contribution in [3.63, 3.8) is 0 Å². The SMILES string of the molecule is CC(C)(C)OC(=O)N1[C@@H](C(=O)O)CCC1(C)C.CC(C)(C)OC(=O)N1[C@@H](C=O)CCC1(C)C.CC(C)(C)OC(=O)N1[C@@H](CO)CCC1(C)C.[B].[C-]#[N+]c1ccc([C@H](c2cccc(F)c2)[C@H]2[C@H]3CCC(C)(C)N3C(=O)c3c(O)c(=O)cnn32)cc1. The van der Waals surface area contributed by atoms with E-state index in [1.165, 1.54) is 21.7 Å². The Labute approximate surface area is 496 Å². The molecule has 0 bridgehead atoms. The number of aromatic nitrogens is 2. The number of nitrogens with zero attached hydrogens (tertiary/aromatic N) is 7. The number of fused-ring (bicyclic) bond motifs is 2. The Hall–Kier alpha value is -7.02. The van der Waals surface area contributed by atoms with Gasteiger partial charge in [0.15, 0.2) is 17.1 Å². The maximum Gasteiger partial charge on any atom is 0.411 e. The van der Waals surface area contributed by atoms with Crippen LogP contribution in [0.4, 0.5) is 24.5 Å². The monoisotopic (exact) mass is 1170 g/mol. The van der Waals surface area contributed by atoms with Crippen LogP contribution in [0.1, 0.15) is 203 Å². The highest BCUT2D eigenvalue weighted by atomic mass is 19.1. The Balaban J connectivity index is 0.000000258. The molecule has 2 aromatic carbocycles. The molecule has 6 atom stereocenters. The van der Waals surface area contributed by atoms with Crippen molar-refractivity contribution in [1.82, 2.24) is 29.4 Å². The first-order valence-corrected chi connectivity index (χ1v) is 28.3. The van der Waals surface area contributed by atoms with Crippen molar-refractivity contribution in [3.8, 4) is 5.75 Å². The van der Waals surface area contributed by atoms with Crippen molar-refractivity contribution in [2.24, 2.45) is 0 Å². The van der Waals surface area contributed by atoms with E-state index in [0.717, 1.165) is 50.2 Å². The molecule has 3 aromatic rings. The molecule has 3 radical (unpaired) electrons. The van der Waals surface area contributed by atoms with Crippen molar-refractivity contribution < 1.29 is 62.7 Å². The molecule has 0 aliphatic carbocycles. The average Bonchev–Trinajstić information content (AvgIpc) is 1.60. The smallest absolute Gasteiger partial charge is 0.411 e. The maximum absolute atomic E-state index is 14.4. The Morgan fingerprint density at radius 1 is 0.726 bits per heavy atom. The quantitative estimate of drug-likeness (QED) is 0.0900. The molecule has 459 valence electrons. The van der Waals surface area contributed by atoms with Crippen LogP contribution in [0.2, 0.25) is 0 Å². The molecule has 22 heteroatoms. The largest absolute Gasteiger partial charge is 0.502 e. The molecule has 5 aliphatic rings. The highest BCUT2D eigenvalue weighted by Crippen LogP contribution is 2.50. The van der Waals surface area contributed by atoms with Gasteiger partial charge in [0.1, 0.15) is 34.9 Å². The van der Waals surface area contributed by atoms with Gasteiger partial charge in [-0.2, -0.15) is 5.10 Å². The minimum Gasteiger partial charge on any atom is -0.502 e. The number of amides is 4. The minimum atomic E-state index is -0.971. The summed E-state index contributed by atoms with van der Waals surface area (Å²) in [5.41, 5.74) is -2.03. The molecule has 4 amide bonds. The number of hydrogen-bond acceptors (Lipinski definition) is 13. The molecule has 0 spiro atoms. The zero-order chi connectivity index (χ0) is 62.7. The number of carbonyl (C=O) groups excluding carboxylic acids is 5. The third-order valence-electron chi connectivity index (χ3n) is 15.6. The number of aliphatic hydroxyl groups is 1. The van der Waals surface area contributed by atoms with Gasteiger partial charge in [0, 0.05) is 36.5 Å². The van der Waals surface area contributed by atoms with Crippen LogP contribution in [-0.4, -0.2) is 159 Å². The van der Waals surface area contributed by atoms with Gasteiger partial charge in [-0.15, -0.1) is 0 Å². The Morgan fingerprint density at radius 3 is 1.71 bits per heavy atom. The molecule has 4 saturated heterocycles. The summed E-state index contributed by atoms with van der Waals surface area (Å²) in [6.07, 6.45) is 6.41. The van der Waals surface area contributed by atoms with E-state index in [-0.39, 0.29) is 56.0 Å². The molecule has 3 N–H and O–H groups in total.